The van der Waals surface area contributed by atoms with Gasteiger partial charge >= 0.3 is 0 Å². The maximum Gasteiger partial charge on any atom is 0.271 e. The first-order valence-electron chi connectivity index (χ1n) is 12.3. The van der Waals surface area contributed by atoms with Gasteiger partial charge in [-0.25, -0.2) is 4.98 Å². The number of piperazine rings is 1. The summed E-state index contributed by atoms with van der Waals surface area (Å²) >= 11 is 0. The largest absolute Gasteiger partial charge is 0.471 e. The van der Waals surface area contributed by atoms with Crippen molar-refractivity contribution in [2.24, 2.45) is 5.73 Å². The number of carbonyl (C=O) groups is 2. The molecule has 3 heterocycles. The molecule has 1 aromatic heterocycles. The summed E-state index contributed by atoms with van der Waals surface area (Å²) in [6, 6.07) is 8.03. The molecule has 2 fully saturated rings. The Bertz CT molecular complexity index is 1050. The summed E-state index contributed by atoms with van der Waals surface area (Å²) in [5.74, 6) is 0.0848. The monoisotopic (exact) mass is 481 g/mol. The lowest BCUT2D eigenvalue weighted by molar-refractivity contribution is -0.130. The first kappa shape index (κ1) is 24.7. The second-order valence-electron chi connectivity index (χ2n) is 9.07. The summed E-state index contributed by atoms with van der Waals surface area (Å²) in [6.45, 7) is 9.01. The van der Waals surface area contributed by atoms with Gasteiger partial charge in [0.25, 0.3) is 5.91 Å². The van der Waals surface area contributed by atoms with Crippen LogP contribution in [0.4, 0.5) is 17.2 Å². The van der Waals surface area contributed by atoms with Gasteiger partial charge in [-0.2, -0.15) is 4.98 Å². The number of likely N-dealkylation sites (N-methyl/N-ethyl adjacent to an activating group) is 1. The van der Waals surface area contributed by atoms with Crippen LogP contribution in [-0.4, -0.2) is 84.0 Å². The van der Waals surface area contributed by atoms with Gasteiger partial charge < -0.3 is 30.5 Å². The fourth-order valence-corrected chi connectivity index (χ4v) is 4.43. The van der Waals surface area contributed by atoms with Crippen molar-refractivity contribution >= 4 is 29.0 Å². The number of aromatic nitrogens is 2. The van der Waals surface area contributed by atoms with Crippen molar-refractivity contribution in [2.45, 2.75) is 39.2 Å². The number of nitrogens with two attached hydrogens (primary N) is 1. The van der Waals surface area contributed by atoms with Gasteiger partial charge in [-0.3, -0.25) is 9.59 Å². The van der Waals surface area contributed by atoms with E-state index in [9.17, 15) is 9.59 Å². The van der Waals surface area contributed by atoms with Gasteiger partial charge in [0.1, 0.15) is 11.8 Å². The summed E-state index contributed by atoms with van der Waals surface area (Å²) in [4.78, 5) is 39.8. The van der Waals surface area contributed by atoms with Gasteiger partial charge in [-0.05, 0) is 37.7 Å². The van der Waals surface area contributed by atoms with Crippen LogP contribution in [0.1, 0.15) is 42.9 Å². The second-order valence-corrected chi connectivity index (χ2v) is 9.07. The van der Waals surface area contributed by atoms with Crippen molar-refractivity contribution in [3.8, 4) is 5.88 Å². The van der Waals surface area contributed by atoms with E-state index in [0.29, 0.717) is 37.5 Å². The predicted molar refractivity (Wildman–Crippen MR) is 135 cm³/mol. The minimum Gasteiger partial charge on any atom is -0.471 e. The number of carbonyl (C=O) groups excluding carboxylic acids is 2. The van der Waals surface area contributed by atoms with Crippen LogP contribution in [-0.2, 0) is 11.2 Å². The number of nitrogens with one attached hydrogen (secondary N) is 1. The zero-order valence-corrected chi connectivity index (χ0v) is 20.8. The Balaban J connectivity index is 1.52. The summed E-state index contributed by atoms with van der Waals surface area (Å²) in [6.07, 6.45) is 1.57. The number of likely N-dealkylation sites (tertiary alicyclic amines) is 1. The minimum absolute atomic E-state index is 0.0755. The van der Waals surface area contributed by atoms with Crippen LogP contribution in [0, 0.1) is 0 Å². The fourth-order valence-electron chi connectivity index (χ4n) is 4.43. The number of hydrogen-bond acceptors (Lipinski definition) is 8. The van der Waals surface area contributed by atoms with Crippen molar-refractivity contribution in [2.75, 3.05) is 56.5 Å². The van der Waals surface area contributed by atoms with Crippen LogP contribution in [0.15, 0.2) is 24.3 Å². The topological polar surface area (TPSA) is 117 Å². The molecule has 35 heavy (non-hydrogen) atoms. The smallest absolute Gasteiger partial charge is 0.271 e. The lowest BCUT2D eigenvalue weighted by atomic mass is 10.2. The maximum atomic E-state index is 12.2. The number of anilines is 3. The molecule has 0 saturated carbocycles. The minimum atomic E-state index is -0.657. The van der Waals surface area contributed by atoms with Crippen LogP contribution < -0.4 is 20.7 Å². The molecule has 0 bridgehead atoms. The Hall–Kier alpha value is -3.40. The number of hydrogen-bond donors (Lipinski definition) is 2. The number of rotatable bonds is 8. The molecule has 2 aliphatic heterocycles. The van der Waals surface area contributed by atoms with Gasteiger partial charge in [0, 0.05) is 56.9 Å². The van der Waals surface area contributed by atoms with E-state index in [1.54, 1.807) is 0 Å². The SMILES string of the molecule is CCC(=O)N1CC[C@@H](Oc2nc(Nc3ccc(N4CCN(C)CC4)cc3)c(C(N)=O)nc2CC)C1. The van der Waals surface area contributed by atoms with Crippen molar-refractivity contribution in [1.29, 1.82) is 0 Å². The van der Waals surface area contributed by atoms with E-state index in [2.05, 4.69) is 44.3 Å². The Morgan fingerprint density at radius 3 is 2.43 bits per heavy atom. The molecule has 0 spiro atoms. The van der Waals surface area contributed by atoms with Crippen LogP contribution in [0.3, 0.4) is 0 Å². The second kappa shape index (κ2) is 10.9. The maximum absolute atomic E-state index is 12.2. The van der Waals surface area contributed by atoms with E-state index in [4.69, 9.17) is 10.5 Å². The Morgan fingerprint density at radius 1 is 1.09 bits per heavy atom. The van der Waals surface area contributed by atoms with Crippen LogP contribution in [0.25, 0.3) is 0 Å². The van der Waals surface area contributed by atoms with Gasteiger partial charge in [0.2, 0.25) is 11.8 Å². The van der Waals surface area contributed by atoms with Crippen molar-refractivity contribution < 1.29 is 14.3 Å². The van der Waals surface area contributed by atoms with Gasteiger partial charge in [-0.1, -0.05) is 13.8 Å². The molecule has 1 aromatic carbocycles. The van der Waals surface area contributed by atoms with Crippen molar-refractivity contribution in [3.63, 3.8) is 0 Å². The molecule has 4 rings (SSSR count). The molecule has 0 unspecified atom stereocenters. The highest BCUT2D eigenvalue weighted by molar-refractivity contribution is 5.96. The van der Waals surface area contributed by atoms with Crippen molar-refractivity contribution in [3.05, 3.63) is 35.7 Å². The molecular formula is C25H35N7O3. The molecule has 10 heteroatoms. The normalized spacial score (nSPS) is 18.5. The molecule has 2 saturated heterocycles. The first-order valence-corrected chi connectivity index (χ1v) is 12.3. The molecule has 2 aromatic rings. The van der Waals surface area contributed by atoms with Gasteiger partial charge in [0.15, 0.2) is 11.5 Å². The fraction of sp³-hybridized carbons (Fsp3) is 0.520. The molecule has 0 radical (unpaired) electrons. The highest BCUT2D eigenvalue weighted by Crippen LogP contribution is 2.27. The molecule has 2 amide bonds. The highest BCUT2D eigenvalue weighted by Gasteiger charge is 2.28. The summed E-state index contributed by atoms with van der Waals surface area (Å²) in [5, 5.41) is 3.20. The quantitative estimate of drug-likeness (QED) is 0.588. The molecular weight excluding hydrogens is 446 g/mol. The van der Waals surface area contributed by atoms with E-state index in [0.717, 1.165) is 44.0 Å². The third-order valence-electron chi connectivity index (χ3n) is 6.58. The number of primary amides is 1. The standard InChI is InChI=1S/C25H35N7O3/c1-4-20-25(35-19-10-11-32(16-19)21(33)5-2)29-24(22(28-20)23(26)34)27-17-6-8-18(9-7-17)31-14-12-30(3)13-15-31/h6-9,19H,4-5,10-16H2,1-3H3,(H2,26,34)(H,27,29)/t19-/m1/s1. The highest BCUT2D eigenvalue weighted by atomic mass is 16.5. The van der Waals surface area contributed by atoms with Gasteiger partial charge in [0.05, 0.1) is 6.54 Å². The van der Waals surface area contributed by atoms with Gasteiger partial charge in [-0.15, -0.1) is 0 Å². The molecule has 1 atom stereocenters. The number of benzene rings is 1. The van der Waals surface area contributed by atoms with E-state index in [-0.39, 0.29) is 23.5 Å². The summed E-state index contributed by atoms with van der Waals surface area (Å²) in [7, 11) is 2.14. The van der Waals surface area contributed by atoms with Crippen LogP contribution in [0.2, 0.25) is 0 Å². The lowest BCUT2D eigenvalue weighted by Crippen LogP contribution is -2.44. The van der Waals surface area contributed by atoms with Crippen LogP contribution >= 0.6 is 0 Å². The average Bonchev–Trinajstić information content (AvgIpc) is 3.33. The summed E-state index contributed by atoms with van der Waals surface area (Å²) in [5.41, 5.74) is 8.20. The van der Waals surface area contributed by atoms with Crippen molar-refractivity contribution in [1.82, 2.24) is 19.8 Å². The third-order valence-corrected chi connectivity index (χ3v) is 6.58. The van der Waals surface area contributed by atoms with E-state index < -0.39 is 5.91 Å². The molecule has 0 aliphatic carbocycles. The first-order chi connectivity index (χ1) is 16.9. The lowest BCUT2D eigenvalue weighted by Gasteiger charge is -2.34. The molecule has 10 nitrogen and oxygen atoms in total. The zero-order chi connectivity index (χ0) is 24.9. The number of ether oxygens (including phenoxy) is 1. The molecule has 2 aliphatic rings. The van der Waals surface area contributed by atoms with Crippen LogP contribution in [0.5, 0.6) is 5.88 Å². The Kier molecular flexibility index (Phi) is 7.70. The predicted octanol–water partition coefficient (Wildman–Crippen LogP) is 2.02. The number of aryl methyl sites for hydroxylation is 1. The van der Waals surface area contributed by atoms with E-state index >= 15 is 0 Å². The molecule has 3 N–H and O–H groups in total. The number of nitrogens with zero attached hydrogens (tertiary/aromatic N) is 5. The Morgan fingerprint density at radius 2 is 1.80 bits per heavy atom. The number of amides is 2. The van der Waals surface area contributed by atoms with E-state index in [1.165, 1.54) is 0 Å². The zero-order valence-electron chi connectivity index (χ0n) is 20.8. The summed E-state index contributed by atoms with van der Waals surface area (Å²) < 4.78 is 6.17. The third kappa shape index (κ3) is 5.82. The molecule has 188 valence electrons. The van der Waals surface area contributed by atoms with E-state index in [1.807, 2.05) is 30.9 Å². The average molecular weight is 482 g/mol. The Labute approximate surface area is 206 Å².